The van der Waals surface area contributed by atoms with Crippen LogP contribution in [0.4, 0.5) is 0 Å². The molecule has 1 N–H and O–H groups in total. The molecule has 0 saturated carbocycles. The Morgan fingerprint density at radius 2 is 1.60 bits per heavy atom. The number of carbonyl (C=O) groups is 3. The molecule has 0 fully saturated rings. The first kappa shape index (κ1) is 18.1. The van der Waals surface area contributed by atoms with Gasteiger partial charge in [-0.3, -0.25) is 4.79 Å². The second kappa shape index (κ2) is 9.12. The average Bonchev–Trinajstić information content (AvgIpc) is 2.30. The quantitative estimate of drug-likeness (QED) is 0.561. The van der Waals surface area contributed by atoms with Crippen molar-refractivity contribution in [2.45, 2.75) is 46.8 Å². The fourth-order valence-corrected chi connectivity index (χ4v) is 1.29. The lowest BCUT2D eigenvalue weighted by Crippen LogP contribution is -2.41. The Labute approximate surface area is 119 Å². The summed E-state index contributed by atoms with van der Waals surface area (Å²) in [6.07, 6.45) is 1.79. The summed E-state index contributed by atoms with van der Waals surface area (Å²) in [5.41, 5.74) is 0. The Kier molecular flexibility index (Phi) is 8.27. The third-order valence-corrected chi connectivity index (χ3v) is 2.31. The molecule has 0 rings (SSSR count). The number of ether oxygens (including phenoxy) is 2. The van der Waals surface area contributed by atoms with E-state index in [4.69, 9.17) is 9.47 Å². The van der Waals surface area contributed by atoms with Crippen LogP contribution in [-0.2, 0) is 23.9 Å². The topological polar surface area (TPSA) is 81.7 Å². The number of amides is 1. The van der Waals surface area contributed by atoms with E-state index >= 15 is 0 Å². The molecule has 0 heterocycles. The number of nitrogens with one attached hydrogen (secondary N) is 1. The minimum Gasteiger partial charge on any atom is -0.460 e. The molecule has 0 aromatic carbocycles. The van der Waals surface area contributed by atoms with Gasteiger partial charge in [-0.05, 0) is 19.8 Å². The Hall–Kier alpha value is -1.85. The van der Waals surface area contributed by atoms with Gasteiger partial charge in [0.1, 0.15) is 6.61 Å². The average molecular weight is 285 g/mol. The van der Waals surface area contributed by atoms with Crippen molar-refractivity contribution >= 4 is 17.8 Å². The van der Waals surface area contributed by atoms with E-state index in [1.807, 2.05) is 13.8 Å². The molecule has 1 atom stereocenters. The van der Waals surface area contributed by atoms with Crippen molar-refractivity contribution < 1.29 is 23.9 Å². The van der Waals surface area contributed by atoms with Crippen LogP contribution in [0.25, 0.3) is 0 Å². The zero-order valence-electron chi connectivity index (χ0n) is 12.6. The summed E-state index contributed by atoms with van der Waals surface area (Å²) >= 11 is 0. The molecule has 1 amide bonds. The predicted molar refractivity (Wildman–Crippen MR) is 73.8 cm³/mol. The minimum atomic E-state index is -0.651. The molecular weight excluding hydrogens is 262 g/mol. The summed E-state index contributed by atoms with van der Waals surface area (Å²) in [6.45, 7) is 8.70. The molecule has 0 aromatic heterocycles. The van der Waals surface area contributed by atoms with Gasteiger partial charge in [0.15, 0.2) is 0 Å². The van der Waals surface area contributed by atoms with Crippen LogP contribution in [0.5, 0.6) is 0 Å². The van der Waals surface area contributed by atoms with Crippen LogP contribution in [0.3, 0.4) is 0 Å². The van der Waals surface area contributed by atoms with Gasteiger partial charge in [-0.1, -0.05) is 13.8 Å². The molecule has 114 valence electrons. The van der Waals surface area contributed by atoms with Crippen LogP contribution in [0.1, 0.15) is 34.6 Å². The van der Waals surface area contributed by atoms with E-state index in [-0.39, 0.29) is 30.6 Å². The van der Waals surface area contributed by atoms with Crippen molar-refractivity contribution in [3.8, 4) is 0 Å². The Morgan fingerprint density at radius 3 is 2.05 bits per heavy atom. The summed E-state index contributed by atoms with van der Waals surface area (Å²) in [5, 5.41) is 2.69. The standard InChI is InChI=1S/C14H23NO5/c1-9(2)12(15-11(5)16)8-19-13(17)6-7-14(18)20-10(3)4/h6-7,9-10,12H,8H2,1-5H3,(H,15,16)/b7-6+/t12-/m1/s1. The smallest absolute Gasteiger partial charge is 0.331 e. The zero-order chi connectivity index (χ0) is 15.7. The first-order valence-corrected chi connectivity index (χ1v) is 6.55. The third-order valence-electron chi connectivity index (χ3n) is 2.31. The summed E-state index contributed by atoms with van der Waals surface area (Å²) in [4.78, 5) is 33.6. The molecule has 0 aliphatic rings. The van der Waals surface area contributed by atoms with Crippen LogP contribution in [-0.4, -0.2) is 36.6 Å². The van der Waals surface area contributed by atoms with Crippen LogP contribution in [0, 0.1) is 5.92 Å². The van der Waals surface area contributed by atoms with E-state index in [2.05, 4.69) is 5.32 Å². The van der Waals surface area contributed by atoms with Crippen molar-refractivity contribution in [3.05, 3.63) is 12.2 Å². The maximum atomic E-state index is 11.4. The van der Waals surface area contributed by atoms with E-state index in [0.717, 1.165) is 12.2 Å². The van der Waals surface area contributed by atoms with E-state index in [0.29, 0.717) is 0 Å². The lowest BCUT2D eigenvalue weighted by Gasteiger charge is -2.20. The fraction of sp³-hybridized carbons (Fsp3) is 0.643. The fourth-order valence-electron chi connectivity index (χ4n) is 1.29. The molecule has 0 aliphatic heterocycles. The monoisotopic (exact) mass is 285 g/mol. The highest BCUT2D eigenvalue weighted by atomic mass is 16.5. The maximum Gasteiger partial charge on any atom is 0.331 e. The Bertz CT molecular complexity index is 374. The molecule has 0 bridgehead atoms. The van der Waals surface area contributed by atoms with Gasteiger partial charge in [-0.25, -0.2) is 9.59 Å². The van der Waals surface area contributed by atoms with Crippen LogP contribution in [0.2, 0.25) is 0 Å². The minimum absolute atomic E-state index is 0.0552. The molecule has 0 radical (unpaired) electrons. The Balaban J connectivity index is 4.22. The summed E-state index contributed by atoms with van der Waals surface area (Å²) in [6, 6.07) is -0.257. The van der Waals surface area contributed by atoms with E-state index < -0.39 is 11.9 Å². The number of hydrogen-bond acceptors (Lipinski definition) is 5. The Morgan fingerprint density at radius 1 is 1.05 bits per heavy atom. The lowest BCUT2D eigenvalue weighted by atomic mass is 10.1. The van der Waals surface area contributed by atoms with E-state index in [1.165, 1.54) is 6.92 Å². The maximum absolute atomic E-state index is 11.4. The number of esters is 2. The zero-order valence-corrected chi connectivity index (χ0v) is 12.6. The number of hydrogen-bond donors (Lipinski definition) is 1. The highest BCUT2D eigenvalue weighted by Gasteiger charge is 2.16. The van der Waals surface area contributed by atoms with Crippen molar-refractivity contribution in [2.24, 2.45) is 5.92 Å². The lowest BCUT2D eigenvalue weighted by molar-refractivity contribution is -0.143. The van der Waals surface area contributed by atoms with E-state index in [1.54, 1.807) is 13.8 Å². The first-order chi connectivity index (χ1) is 9.22. The van der Waals surface area contributed by atoms with E-state index in [9.17, 15) is 14.4 Å². The predicted octanol–water partition coefficient (Wildman–Crippen LogP) is 1.20. The van der Waals surface area contributed by atoms with Crippen LogP contribution >= 0.6 is 0 Å². The summed E-state index contributed by atoms with van der Waals surface area (Å²) in [7, 11) is 0. The molecule has 0 saturated heterocycles. The van der Waals surface area contributed by atoms with Gasteiger partial charge in [-0.15, -0.1) is 0 Å². The van der Waals surface area contributed by atoms with Gasteiger partial charge >= 0.3 is 11.9 Å². The summed E-state index contributed by atoms with van der Waals surface area (Å²) < 4.78 is 9.80. The van der Waals surface area contributed by atoms with Crippen LogP contribution < -0.4 is 5.32 Å². The first-order valence-electron chi connectivity index (χ1n) is 6.55. The number of rotatable bonds is 7. The number of carbonyl (C=O) groups excluding carboxylic acids is 3. The normalized spacial score (nSPS) is 12.6. The van der Waals surface area contributed by atoms with Gasteiger partial charge in [0, 0.05) is 19.1 Å². The molecule has 0 aromatic rings. The van der Waals surface area contributed by atoms with Crippen molar-refractivity contribution in [1.82, 2.24) is 5.32 Å². The second-order valence-corrected chi connectivity index (χ2v) is 5.00. The van der Waals surface area contributed by atoms with Crippen LogP contribution in [0.15, 0.2) is 12.2 Å². The molecule has 20 heavy (non-hydrogen) atoms. The highest BCUT2D eigenvalue weighted by Crippen LogP contribution is 2.02. The van der Waals surface area contributed by atoms with Gasteiger partial charge in [0.05, 0.1) is 12.1 Å². The molecular formula is C14H23NO5. The van der Waals surface area contributed by atoms with Crippen molar-refractivity contribution in [2.75, 3.05) is 6.61 Å². The van der Waals surface area contributed by atoms with Gasteiger partial charge < -0.3 is 14.8 Å². The second-order valence-electron chi connectivity index (χ2n) is 5.00. The van der Waals surface area contributed by atoms with Gasteiger partial charge in [0.2, 0.25) is 5.91 Å². The third kappa shape index (κ3) is 9.13. The largest absolute Gasteiger partial charge is 0.460 e. The molecule has 0 aliphatic carbocycles. The molecule has 6 heteroatoms. The molecule has 0 spiro atoms. The molecule has 6 nitrogen and oxygen atoms in total. The van der Waals surface area contributed by atoms with Gasteiger partial charge in [-0.2, -0.15) is 0 Å². The van der Waals surface area contributed by atoms with Crippen molar-refractivity contribution in [3.63, 3.8) is 0 Å². The summed E-state index contributed by atoms with van der Waals surface area (Å²) in [5.74, 6) is -1.31. The van der Waals surface area contributed by atoms with Crippen molar-refractivity contribution in [1.29, 1.82) is 0 Å². The molecule has 0 unspecified atom stereocenters. The van der Waals surface area contributed by atoms with Gasteiger partial charge in [0.25, 0.3) is 0 Å². The SMILES string of the molecule is CC(=O)N[C@H](COC(=O)/C=C/C(=O)OC(C)C)C(C)C. The highest BCUT2D eigenvalue weighted by molar-refractivity contribution is 5.91.